The first-order valence-corrected chi connectivity index (χ1v) is 10.8. The van der Waals surface area contributed by atoms with Crippen LogP contribution in [0.1, 0.15) is 50.9 Å². The molecule has 156 valence electrons. The van der Waals surface area contributed by atoms with E-state index in [1.807, 2.05) is 0 Å². The summed E-state index contributed by atoms with van der Waals surface area (Å²) in [5.74, 6) is 2.28. The van der Waals surface area contributed by atoms with Gasteiger partial charge in [0.15, 0.2) is 5.82 Å². The van der Waals surface area contributed by atoms with Crippen LogP contribution in [0.25, 0.3) is 11.1 Å². The van der Waals surface area contributed by atoms with Crippen LogP contribution in [0, 0.1) is 11.8 Å². The molecule has 0 radical (unpaired) electrons. The zero-order chi connectivity index (χ0) is 20.7. The van der Waals surface area contributed by atoms with Gasteiger partial charge in [-0.3, -0.25) is 0 Å². The number of piperidine rings is 1. The molecule has 1 aromatic carbocycles. The van der Waals surface area contributed by atoms with Crippen molar-refractivity contribution in [1.29, 1.82) is 0 Å². The van der Waals surface area contributed by atoms with Crippen LogP contribution >= 0.6 is 0 Å². The maximum Gasteiger partial charge on any atom is 0.324 e. The highest BCUT2D eigenvalue weighted by molar-refractivity contribution is 5.62. The largest absolute Gasteiger partial charge is 0.368 e. The summed E-state index contributed by atoms with van der Waals surface area (Å²) >= 11 is 0. The SMILES string of the molecule is C[C@H]1CCCN(c2nc(C(C)(c3ccc(-c4cnc(N)nc4)cc3)C3CC3)no2)C1. The van der Waals surface area contributed by atoms with Crippen LogP contribution in [0.4, 0.5) is 12.0 Å². The summed E-state index contributed by atoms with van der Waals surface area (Å²) < 4.78 is 5.74. The fourth-order valence-electron chi connectivity index (χ4n) is 4.62. The van der Waals surface area contributed by atoms with Gasteiger partial charge in [-0.1, -0.05) is 36.3 Å². The van der Waals surface area contributed by atoms with Gasteiger partial charge >= 0.3 is 6.01 Å². The van der Waals surface area contributed by atoms with Gasteiger partial charge in [-0.2, -0.15) is 4.98 Å². The molecule has 2 atom stereocenters. The Balaban J connectivity index is 1.44. The topological polar surface area (TPSA) is 94.0 Å². The molecule has 2 aliphatic rings. The number of benzene rings is 1. The molecule has 7 heteroatoms. The summed E-state index contributed by atoms with van der Waals surface area (Å²) in [7, 11) is 0. The van der Waals surface area contributed by atoms with Crippen molar-refractivity contribution in [1.82, 2.24) is 20.1 Å². The fraction of sp³-hybridized carbons (Fsp3) is 0.478. The van der Waals surface area contributed by atoms with Crippen molar-refractivity contribution in [2.75, 3.05) is 23.7 Å². The maximum absolute atomic E-state index is 5.74. The summed E-state index contributed by atoms with van der Waals surface area (Å²) in [6.07, 6.45) is 8.33. The van der Waals surface area contributed by atoms with E-state index in [9.17, 15) is 0 Å². The van der Waals surface area contributed by atoms with E-state index in [0.717, 1.165) is 30.0 Å². The van der Waals surface area contributed by atoms with Crippen molar-refractivity contribution < 1.29 is 4.52 Å². The lowest BCUT2D eigenvalue weighted by molar-refractivity contribution is 0.360. The molecular weight excluding hydrogens is 376 g/mol. The van der Waals surface area contributed by atoms with Gasteiger partial charge < -0.3 is 15.2 Å². The van der Waals surface area contributed by atoms with Crippen LogP contribution in [-0.2, 0) is 5.41 Å². The smallest absolute Gasteiger partial charge is 0.324 e. The number of aromatic nitrogens is 4. The minimum atomic E-state index is -0.251. The van der Waals surface area contributed by atoms with Gasteiger partial charge in [0.05, 0.1) is 5.41 Å². The second kappa shape index (κ2) is 7.38. The van der Waals surface area contributed by atoms with Gasteiger partial charge in [0.1, 0.15) is 0 Å². The molecule has 0 spiro atoms. The number of hydrogen-bond acceptors (Lipinski definition) is 7. The quantitative estimate of drug-likeness (QED) is 0.685. The lowest BCUT2D eigenvalue weighted by atomic mass is 9.77. The number of nitrogen functional groups attached to an aromatic ring is 1. The van der Waals surface area contributed by atoms with E-state index in [1.165, 1.54) is 31.2 Å². The number of nitrogens with two attached hydrogens (primary N) is 1. The molecule has 2 aromatic heterocycles. The third-order valence-corrected chi connectivity index (χ3v) is 6.69. The highest BCUT2D eigenvalue weighted by Crippen LogP contribution is 2.50. The van der Waals surface area contributed by atoms with Gasteiger partial charge in [-0.25, -0.2) is 9.97 Å². The molecule has 0 amide bonds. The Hall–Kier alpha value is -2.96. The fourth-order valence-corrected chi connectivity index (χ4v) is 4.62. The summed E-state index contributed by atoms with van der Waals surface area (Å²) in [4.78, 5) is 15.3. The van der Waals surface area contributed by atoms with E-state index in [1.54, 1.807) is 12.4 Å². The molecule has 3 heterocycles. The standard InChI is InChI=1S/C23H28N6O/c1-15-4-3-11-29(14-15)22-27-20(28-30-22)23(2,19-9-10-19)18-7-5-16(6-8-18)17-12-25-21(24)26-13-17/h5-8,12-13,15,19H,3-4,9-11,14H2,1-2H3,(H2,24,25,26)/t15-,23?/m0/s1. The summed E-state index contributed by atoms with van der Waals surface area (Å²) in [5, 5.41) is 4.45. The highest BCUT2D eigenvalue weighted by atomic mass is 16.5. The first-order chi connectivity index (χ1) is 14.5. The van der Waals surface area contributed by atoms with Gasteiger partial charge in [-0.05, 0) is 55.6 Å². The zero-order valence-corrected chi connectivity index (χ0v) is 17.6. The summed E-state index contributed by atoms with van der Waals surface area (Å²) in [5.41, 5.74) is 8.58. The predicted octanol–water partition coefficient (Wildman–Crippen LogP) is 4.06. The third-order valence-electron chi connectivity index (χ3n) is 6.69. The first-order valence-electron chi connectivity index (χ1n) is 10.8. The Bertz CT molecular complexity index is 1010. The Morgan fingerprint density at radius 2 is 1.80 bits per heavy atom. The molecule has 1 saturated carbocycles. The van der Waals surface area contributed by atoms with Gasteiger partial charge in [0, 0.05) is 31.0 Å². The van der Waals surface area contributed by atoms with Crippen molar-refractivity contribution in [2.24, 2.45) is 11.8 Å². The lowest BCUT2D eigenvalue weighted by Gasteiger charge is -2.29. The van der Waals surface area contributed by atoms with E-state index in [0.29, 0.717) is 17.9 Å². The Kier molecular flexibility index (Phi) is 4.68. The van der Waals surface area contributed by atoms with E-state index in [-0.39, 0.29) is 11.4 Å². The molecule has 30 heavy (non-hydrogen) atoms. The normalized spacial score (nSPS) is 21.4. The average Bonchev–Trinajstić information content (AvgIpc) is 3.51. The molecule has 5 rings (SSSR count). The average molecular weight is 405 g/mol. The summed E-state index contributed by atoms with van der Waals surface area (Å²) in [6.45, 7) is 6.51. The van der Waals surface area contributed by atoms with Gasteiger partial charge in [0.25, 0.3) is 0 Å². The van der Waals surface area contributed by atoms with E-state index in [2.05, 4.69) is 58.1 Å². The molecule has 2 fully saturated rings. The maximum atomic E-state index is 5.74. The minimum absolute atomic E-state index is 0.251. The summed E-state index contributed by atoms with van der Waals surface area (Å²) in [6, 6.07) is 9.22. The predicted molar refractivity (Wildman–Crippen MR) is 116 cm³/mol. The zero-order valence-electron chi connectivity index (χ0n) is 17.6. The second-order valence-electron chi connectivity index (χ2n) is 8.98. The monoisotopic (exact) mass is 404 g/mol. The van der Waals surface area contributed by atoms with Crippen LogP contribution < -0.4 is 10.6 Å². The van der Waals surface area contributed by atoms with Crippen LogP contribution in [0.3, 0.4) is 0 Å². The number of nitrogens with zero attached hydrogens (tertiary/aromatic N) is 5. The van der Waals surface area contributed by atoms with Gasteiger partial charge in [0.2, 0.25) is 5.95 Å². The van der Waals surface area contributed by atoms with Crippen molar-refractivity contribution in [3.8, 4) is 11.1 Å². The molecule has 1 saturated heterocycles. The third kappa shape index (κ3) is 3.42. The van der Waals surface area contributed by atoms with Crippen LogP contribution in [0.15, 0.2) is 41.2 Å². The molecule has 2 N–H and O–H groups in total. The lowest BCUT2D eigenvalue weighted by Crippen LogP contribution is -2.34. The second-order valence-corrected chi connectivity index (χ2v) is 8.98. The minimum Gasteiger partial charge on any atom is -0.368 e. The number of hydrogen-bond donors (Lipinski definition) is 1. The molecular formula is C23H28N6O. The Labute approximate surface area is 176 Å². The molecule has 1 aliphatic heterocycles. The van der Waals surface area contributed by atoms with Crippen molar-refractivity contribution in [3.05, 3.63) is 48.0 Å². The molecule has 3 aromatic rings. The molecule has 1 aliphatic carbocycles. The highest BCUT2D eigenvalue weighted by Gasteiger charge is 2.47. The van der Waals surface area contributed by atoms with Crippen LogP contribution in [-0.4, -0.2) is 33.2 Å². The number of anilines is 2. The molecule has 1 unspecified atom stereocenters. The Morgan fingerprint density at radius 3 is 2.47 bits per heavy atom. The van der Waals surface area contributed by atoms with Crippen molar-refractivity contribution in [3.63, 3.8) is 0 Å². The van der Waals surface area contributed by atoms with Crippen molar-refractivity contribution in [2.45, 2.75) is 44.9 Å². The van der Waals surface area contributed by atoms with E-state index >= 15 is 0 Å². The van der Waals surface area contributed by atoms with E-state index < -0.39 is 0 Å². The molecule has 0 bridgehead atoms. The Morgan fingerprint density at radius 1 is 1.07 bits per heavy atom. The van der Waals surface area contributed by atoms with Crippen molar-refractivity contribution >= 4 is 12.0 Å². The number of rotatable bonds is 5. The van der Waals surface area contributed by atoms with Crippen LogP contribution in [0.5, 0.6) is 0 Å². The first kappa shape index (κ1) is 19.0. The van der Waals surface area contributed by atoms with Gasteiger partial charge in [-0.15, -0.1) is 0 Å². The van der Waals surface area contributed by atoms with E-state index in [4.69, 9.17) is 15.2 Å². The molecule has 7 nitrogen and oxygen atoms in total. The van der Waals surface area contributed by atoms with Crippen LogP contribution in [0.2, 0.25) is 0 Å².